The van der Waals surface area contributed by atoms with Crippen molar-refractivity contribution in [3.05, 3.63) is 0 Å². The maximum atomic E-state index is 12.1. The fraction of sp³-hybridized carbons (Fsp3) is 0.933. The molecule has 1 fully saturated rings. The largest absolute Gasteiger partial charge is 0.355 e. The number of nitrogens with two attached hydrogens (primary N) is 1. The van der Waals surface area contributed by atoms with E-state index in [0.29, 0.717) is 0 Å². The molecule has 1 rings (SSSR count). The summed E-state index contributed by atoms with van der Waals surface area (Å²) in [5.41, 5.74) is 5.71. The van der Waals surface area contributed by atoms with Gasteiger partial charge in [-0.25, -0.2) is 0 Å². The number of carbonyl (C=O) groups excluding carboxylic acids is 1. The van der Waals surface area contributed by atoms with Crippen LogP contribution in [0.2, 0.25) is 0 Å². The molecule has 0 saturated heterocycles. The molecule has 1 aliphatic carbocycles. The molecule has 0 aromatic heterocycles. The maximum absolute atomic E-state index is 12.1. The average Bonchev–Trinajstić information content (AvgIpc) is 2.62. The van der Waals surface area contributed by atoms with Crippen molar-refractivity contribution in [1.29, 1.82) is 0 Å². The van der Waals surface area contributed by atoms with Crippen molar-refractivity contribution in [2.45, 2.75) is 65.2 Å². The van der Waals surface area contributed by atoms with E-state index in [9.17, 15) is 4.79 Å². The van der Waals surface area contributed by atoms with Crippen LogP contribution in [0.3, 0.4) is 0 Å². The van der Waals surface area contributed by atoms with E-state index in [0.717, 1.165) is 38.8 Å². The van der Waals surface area contributed by atoms with Gasteiger partial charge in [-0.05, 0) is 37.6 Å². The summed E-state index contributed by atoms with van der Waals surface area (Å²) in [5, 5.41) is 3.15. The highest BCUT2D eigenvalue weighted by atomic mass is 16.1. The fourth-order valence-corrected chi connectivity index (χ4v) is 2.68. The van der Waals surface area contributed by atoms with Gasteiger partial charge in [0.15, 0.2) is 0 Å². The van der Waals surface area contributed by atoms with Gasteiger partial charge in [0.1, 0.15) is 0 Å². The Balaban J connectivity index is 2.30. The minimum absolute atomic E-state index is 0.166. The lowest BCUT2D eigenvalue weighted by molar-refractivity contribution is -0.125. The van der Waals surface area contributed by atoms with Crippen molar-refractivity contribution < 1.29 is 4.79 Å². The fourth-order valence-electron chi connectivity index (χ4n) is 2.68. The summed E-state index contributed by atoms with van der Waals surface area (Å²) >= 11 is 0. The van der Waals surface area contributed by atoms with Gasteiger partial charge in [-0.1, -0.05) is 39.5 Å². The maximum Gasteiger partial charge on any atom is 0.223 e. The molecule has 0 spiro atoms. The number of hydrogen-bond donors (Lipinski definition) is 2. The molecule has 18 heavy (non-hydrogen) atoms. The molecular formula is C15H30N2O. The quantitative estimate of drug-likeness (QED) is 0.716. The van der Waals surface area contributed by atoms with E-state index in [1.54, 1.807) is 0 Å². The van der Waals surface area contributed by atoms with E-state index < -0.39 is 0 Å². The molecule has 3 heteroatoms. The monoisotopic (exact) mass is 254 g/mol. The minimum atomic E-state index is 0.166. The predicted octanol–water partition coefficient (Wildman–Crippen LogP) is 2.84. The topological polar surface area (TPSA) is 55.1 Å². The first-order chi connectivity index (χ1) is 8.55. The first-order valence-electron chi connectivity index (χ1n) is 7.53. The molecule has 0 bridgehead atoms. The number of hydrogen-bond acceptors (Lipinski definition) is 2. The van der Waals surface area contributed by atoms with Crippen molar-refractivity contribution in [3.63, 3.8) is 0 Å². The lowest BCUT2D eigenvalue weighted by atomic mass is 9.87. The Kier molecular flexibility index (Phi) is 6.69. The van der Waals surface area contributed by atoms with Gasteiger partial charge in [0.05, 0.1) is 0 Å². The van der Waals surface area contributed by atoms with E-state index in [1.165, 1.54) is 25.7 Å². The Hall–Kier alpha value is -0.570. The predicted molar refractivity (Wildman–Crippen MR) is 76.3 cm³/mol. The SMILES string of the molecule is CC(C)(CCCN)CNC(=O)C1CCCCCC1. The number of carbonyl (C=O) groups is 1. The summed E-state index contributed by atoms with van der Waals surface area (Å²) < 4.78 is 0. The third kappa shape index (κ3) is 5.85. The lowest BCUT2D eigenvalue weighted by Crippen LogP contribution is -2.37. The van der Waals surface area contributed by atoms with Crippen LogP contribution in [0.5, 0.6) is 0 Å². The second-order valence-electron chi connectivity index (χ2n) is 6.46. The standard InChI is InChI=1S/C15H30N2O/c1-15(2,10-7-11-16)12-17-14(18)13-8-5-3-4-6-9-13/h13H,3-12,16H2,1-2H3,(H,17,18). The van der Waals surface area contributed by atoms with Crippen LogP contribution in [-0.2, 0) is 4.79 Å². The van der Waals surface area contributed by atoms with E-state index in [2.05, 4.69) is 19.2 Å². The van der Waals surface area contributed by atoms with Crippen molar-refractivity contribution in [2.75, 3.05) is 13.1 Å². The van der Waals surface area contributed by atoms with Gasteiger partial charge in [0.25, 0.3) is 0 Å². The van der Waals surface area contributed by atoms with Crippen LogP contribution in [0.25, 0.3) is 0 Å². The molecule has 0 unspecified atom stereocenters. The van der Waals surface area contributed by atoms with Gasteiger partial charge in [0, 0.05) is 12.5 Å². The zero-order valence-electron chi connectivity index (χ0n) is 12.1. The summed E-state index contributed by atoms with van der Waals surface area (Å²) in [6.45, 7) is 5.92. The Morgan fingerprint density at radius 2 is 1.83 bits per heavy atom. The van der Waals surface area contributed by atoms with Crippen LogP contribution in [0.4, 0.5) is 0 Å². The highest BCUT2D eigenvalue weighted by Gasteiger charge is 2.23. The molecule has 3 N–H and O–H groups in total. The van der Waals surface area contributed by atoms with E-state index in [4.69, 9.17) is 5.73 Å². The highest BCUT2D eigenvalue weighted by Crippen LogP contribution is 2.24. The van der Waals surface area contributed by atoms with Gasteiger partial charge in [-0.15, -0.1) is 0 Å². The molecule has 0 aromatic rings. The molecule has 0 heterocycles. The van der Waals surface area contributed by atoms with Gasteiger partial charge < -0.3 is 11.1 Å². The van der Waals surface area contributed by atoms with Crippen LogP contribution >= 0.6 is 0 Å². The first-order valence-corrected chi connectivity index (χ1v) is 7.53. The summed E-state index contributed by atoms with van der Waals surface area (Å²) in [6, 6.07) is 0. The van der Waals surface area contributed by atoms with E-state index >= 15 is 0 Å². The number of rotatable bonds is 6. The molecule has 1 saturated carbocycles. The molecule has 0 aliphatic heterocycles. The first kappa shape index (κ1) is 15.5. The number of nitrogens with one attached hydrogen (secondary N) is 1. The molecule has 1 aliphatic rings. The van der Waals surface area contributed by atoms with Crippen LogP contribution in [0.15, 0.2) is 0 Å². The van der Waals surface area contributed by atoms with Crippen LogP contribution in [0, 0.1) is 11.3 Å². The second-order valence-corrected chi connectivity index (χ2v) is 6.46. The zero-order valence-corrected chi connectivity index (χ0v) is 12.1. The van der Waals surface area contributed by atoms with E-state index in [-0.39, 0.29) is 17.2 Å². The molecule has 106 valence electrons. The molecular weight excluding hydrogens is 224 g/mol. The smallest absolute Gasteiger partial charge is 0.223 e. The normalized spacial score (nSPS) is 18.4. The van der Waals surface area contributed by atoms with Crippen molar-refractivity contribution in [2.24, 2.45) is 17.1 Å². The highest BCUT2D eigenvalue weighted by molar-refractivity contribution is 5.78. The Morgan fingerprint density at radius 3 is 2.39 bits per heavy atom. The Labute approximate surface area is 112 Å². The van der Waals surface area contributed by atoms with Gasteiger partial charge in [-0.3, -0.25) is 4.79 Å². The number of amides is 1. The van der Waals surface area contributed by atoms with Crippen molar-refractivity contribution in [3.8, 4) is 0 Å². The van der Waals surface area contributed by atoms with Crippen molar-refractivity contribution in [1.82, 2.24) is 5.32 Å². The average molecular weight is 254 g/mol. The lowest BCUT2D eigenvalue weighted by Gasteiger charge is -2.26. The summed E-state index contributed by atoms with van der Waals surface area (Å²) in [4.78, 5) is 12.1. The van der Waals surface area contributed by atoms with Gasteiger partial charge >= 0.3 is 0 Å². The molecule has 3 nitrogen and oxygen atoms in total. The van der Waals surface area contributed by atoms with E-state index in [1.807, 2.05) is 0 Å². The summed E-state index contributed by atoms with van der Waals surface area (Å²) in [5.74, 6) is 0.538. The third-order valence-corrected chi connectivity index (χ3v) is 4.02. The Morgan fingerprint density at radius 1 is 1.22 bits per heavy atom. The Bertz CT molecular complexity index is 243. The molecule has 0 aromatic carbocycles. The minimum Gasteiger partial charge on any atom is -0.355 e. The summed E-state index contributed by atoms with van der Waals surface area (Å²) in [7, 11) is 0. The third-order valence-electron chi connectivity index (χ3n) is 4.02. The van der Waals surface area contributed by atoms with Gasteiger partial charge in [0.2, 0.25) is 5.91 Å². The summed E-state index contributed by atoms with van der Waals surface area (Å²) in [6.07, 6.45) is 9.30. The second kappa shape index (κ2) is 7.78. The van der Waals surface area contributed by atoms with Crippen molar-refractivity contribution >= 4 is 5.91 Å². The zero-order chi connectivity index (χ0) is 13.4. The van der Waals surface area contributed by atoms with Crippen LogP contribution in [-0.4, -0.2) is 19.0 Å². The molecule has 0 atom stereocenters. The van der Waals surface area contributed by atoms with Gasteiger partial charge in [-0.2, -0.15) is 0 Å². The van der Waals surface area contributed by atoms with Crippen LogP contribution in [0.1, 0.15) is 65.2 Å². The molecule has 1 amide bonds. The molecule has 0 radical (unpaired) electrons. The van der Waals surface area contributed by atoms with Crippen LogP contribution < -0.4 is 11.1 Å².